The number of nitrogens with two attached hydrogens (primary N) is 1. The van der Waals surface area contributed by atoms with Gasteiger partial charge in [-0.1, -0.05) is 24.3 Å². The van der Waals surface area contributed by atoms with Gasteiger partial charge in [-0.25, -0.2) is 9.13 Å². The molecule has 0 amide bonds. The van der Waals surface area contributed by atoms with Crippen molar-refractivity contribution in [1.29, 1.82) is 0 Å². The number of fused-ring (bicyclic) bond motifs is 1. The van der Waals surface area contributed by atoms with Crippen LogP contribution in [0.15, 0.2) is 48.5 Å². The van der Waals surface area contributed by atoms with Crippen molar-refractivity contribution in [3.8, 4) is 0 Å². The molecule has 2 heterocycles. The van der Waals surface area contributed by atoms with Gasteiger partial charge in [0.25, 0.3) is 5.69 Å². The molecule has 0 radical (unpaired) electrons. The number of hydrogen-bond donors (Lipinski definition) is 1. The standard InChI is InChI=1S/C21H23N5O4.BrH/c22-21-24(9-8-23-10-12-30-13-11-23)18-6-1-2-7-19(18)25(21)15-20(27)16-4-3-5-17(14-16)26(28)29;/h1-7,14,22H,8-13,15H2;1H. The minimum atomic E-state index is -0.504. The molecule has 1 aromatic heterocycles. The molecule has 4 rings (SSSR count). The number of carbonyl (C=O) groups is 1. The molecule has 0 spiro atoms. The number of imidazole rings is 1. The zero-order valence-electron chi connectivity index (χ0n) is 16.9. The van der Waals surface area contributed by atoms with Crippen molar-refractivity contribution in [3.63, 3.8) is 0 Å². The Labute approximate surface area is 189 Å². The van der Waals surface area contributed by atoms with E-state index in [0.717, 1.165) is 43.9 Å². The summed E-state index contributed by atoms with van der Waals surface area (Å²) in [5.41, 5.74) is 8.46. The van der Waals surface area contributed by atoms with Gasteiger partial charge in [0.2, 0.25) is 0 Å². The van der Waals surface area contributed by atoms with Crippen LogP contribution >= 0.6 is 0 Å². The van der Waals surface area contributed by atoms with E-state index in [4.69, 9.17) is 10.5 Å². The molecule has 10 heteroatoms. The molecule has 0 atom stereocenters. The highest BCUT2D eigenvalue weighted by Crippen LogP contribution is 2.18. The van der Waals surface area contributed by atoms with E-state index < -0.39 is 4.92 Å². The van der Waals surface area contributed by atoms with Crippen molar-refractivity contribution in [3.05, 3.63) is 64.2 Å². The SMILES string of the molecule is Nc1n(CCN2CCOCC2)c2ccccc2[n+]1CC(=O)c1cccc([N+](=O)[O-])c1.[Br-]. The lowest BCUT2D eigenvalue weighted by molar-refractivity contribution is -0.642. The maximum atomic E-state index is 12.9. The van der Waals surface area contributed by atoms with Crippen LogP contribution in [0.1, 0.15) is 10.4 Å². The number of hydrogen-bond acceptors (Lipinski definition) is 6. The van der Waals surface area contributed by atoms with Crippen molar-refractivity contribution in [2.24, 2.45) is 0 Å². The van der Waals surface area contributed by atoms with Gasteiger partial charge in [-0.05, 0) is 12.1 Å². The van der Waals surface area contributed by atoms with E-state index in [0.29, 0.717) is 18.1 Å². The smallest absolute Gasteiger partial charge is 0.356 e. The topological polar surface area (TPSA) is 108 Å². The first-order valence-corrected chi connectivity index (χ1v) is 9.89. The fourth-order valence-electron chi connectivity index (χ4n) is 3.81. The van der Waals surface area contributed by atoms with Crippen LogP contribution in [0.5, 0.6) is 0 Å². The van der Waals surface area contributed by atoms with Gasteiger partial charge in [0.1, 0.15) is 17.6 Å². The minimum Gasteiger partial charge on any atom is -1.00 e. The van der Waals surface area contributed by atoms with Crippen LogP contribution < -0.4 is 27.3 Å². The molecule has 3 aromatic rings. The fraction of sp³-hybridized carbons (Fsp3) is 0.333. The Bertz CT molecular complexity index is 1090. The molecule has 31 heavy (non-hydrogen) atoms. The highest BCUT2D eigenvalue weighted by atomic mass is 79.9. The molecule has 164 valence electrons. The molecule has 1 saturated heterocycles. The molecule has 0 aliphatic carbocycles. The molecule has 1 aliphatic heterocycles. The number of ether oxygens (including phenoxy) is 1. The van der Waals surface area contributed by atoms with Crippen LogP contribution in [-0.4, -0.2) is 53.0 Å². The molecule has 2 N–H and O–H groups in total. The summed E-state index contributed by atoms with van der Waals surface area (Å²) in [7, 11) is 0. The lowest BCUT2D eigenvalue weighted by atomic mass is 10.1. The maximum absolute atomic E-state index is 12.9. The van der Waals surface area contributed by atoms with Crippen LogP contribution in [0.25, 0.3) is 11.0 Å². The third-order valence-electron chi connectivity index (χ3n) is 5.44. The number of nitro benzene ring substituents is 1. The van der Waals surface area contributed by atoms with Gasteiger partial charge in [0.15, 0.2) is 5.78 Å². The number of aromatic nitrogens is 2. The van der Waals surface area contributed by atoms with E-state index in [9.17, 15) is 14.9 Å². The predicted molar refractivity (Wildman–Crippen MR) is 111 cm³/mol. The number of morpholine rings is 1. The Morgan fingerprint density at radius 2 is 1.87 bits per heavy atom. The van der Waals surface area contributed by atoms with Crippen molar-refractivity contribution in [1.82, 2.24) is 9.47 Å². The highest BCUT2D eigenvalue weighted by molar-refractivity contribution is 5.96. The molecule has 1 fully saturated rings. The molecule has 0 saturated carbocycles. The summed E-state index contributed by atoms with van der Waals surface area (Å²) < 4.78 is 9.19. The van der Waals surface area contributed by atoms with Crippen LogP contribution in [0.3, 0.4) is 0 Å². The zero-order chi connectivity index (χ0) is 21.1. The van der Waals surface area contributed by atoms with Crippen LogP contribution in [0.4, 0.5) is 11.6 Å². The average Bonchev–Trinajstić information content (AvgIpc) is 3.04. The Hall–Kier alpha value is -2.82. The van der Waals surface area contributed by atoms with Crippen molar-refractivity contribution < 1.29 is 36.0 Å². The molecule has 9 nitrogen and oxygen atoms in total. The third kappa shape index (κ3) is 4.92. The first-order valence-electron chi connectivity index (χ1n) is 9.89. The third-order valence-corrected chi connectivity index (χ3v) is 5.44. The van der Waals surface area contributed by atoms with E-state index in [1.165, 1.54) is 18.2 Å². The number of anilines is 1. The monoisotopic (exact) mass is 489 g/mol. The quantitative estimate of drug-likeness (QED) is 0.190. The van der Waals surface area contributed by atoms with Gasteiger partial charge in [0.05, 0.1) is 24.7 Å². The van der Waals surface area contributed by atoms with Gasteiger partial charge in [0, 0.05) is 37.3 Å². The van der Waals surface area contributed by atoms with E-state index in [1.54, 1.807) is 10.6 Å². The number of carbonyl (C=O) groups excluding carboxylic acids is 1. The predicted octanol–water partition coefficient (Wildman–Crippen LogP) is -1.36. The van der Waals surface area contributed by atoms with Crippen molar-refractivity contribution in [2.75, 3.05) is 38.6 Å². The van der Waals surface area contributed by atoms with E-state index >= 15 is 0 Å². The van der Waals surface area contributed by atoms with Gasteiger partial charge in [-0.2, -0.15) is 0 Å². The van der Waals surface area contributed by atoms with Crippen molar-refractivity contribution >= 4 is 28.5 Å². The Morgan fingerprint density at radius 1 is 1.13 bits per heavy atom. The summed E-state index contributed by atoms with van der Waals surface area (Å²) in [4.78, 5) is 25.7. The molecular formula is C21H24BrN5O4. The molecular weight excluding hydrogens is 466 g/mol. The first kappa shape index (κ1) is 22.9. The fourth-order valence-corrected chi connectivity index (χ4v) is 3.81. The van der Waals surface area contributed by atoms with Crippen LogP contribution in [0, 0.1) is 10.1 Å². The van der Waals surface area contributed by atoms with E-state index in [1.807, 2.05) is 28.8 Å². The van der Waals surface area contributed by atoms with E-state index in [2.05, 4.69) is 4.90 Å². The Kier molecular flexibility index (Phi) is 7.37. The van der Waals surface area contributed by atoms with E-state index in [-0.39, 0.29) is 35.0 Å². The summed E-state index contributed by atoms with van der Waals surface area (Å²) in [6, 6.07) is 13.5. The normalized spacial score (nSPS) is 14.3. The second-order valence-electron chi connectivity index (χ2n) is 7.27. The number of benzene rings is 2. The average molecular weight is 490 g/mol. The van der Waals surface area contributed by atoms with Gasteiger partial charge < -0.3 is 21.7 Å². The number of halogens is 1. The number of nitrogen functional groups attached to an aromatic ring is 1. The van der Waals surface area contributed by atoms with Gasteiger partial charge in [-0.3, -0.25) is 25.5 Å². The molecule has 1 aliphatic rings. The summed E-state index contributed by atoms with van der Waals surface area (Å²) in [5, 5.41) is 11.0. The van der Waals surface area contributed by atoms with Gasteiger partial charge >= 0.3 is 5.95 Å². The van der Waals surface area contributed by atoms with Crippen LogP contribution in [0.2, 0.25) is 0 Å². The summed E-state index contributed by atoms with van der Waals surface area (Å²) in [6.45, 7) is 4.81. The molecule has 0 unspecified atom stereocenters. The number of Topliss-reactive ketones (excluding diaryl/α,β-unsaturated/α-hetero) is 1. The lowest BCUT2D eigenvalue weighted by Gasteiger charge is -2.25. The van der Waals surface area contributed by atoms with Gasteiger partial charge in [-0.15, -0.1) is 0 Å². The second kappa shape index (κ2) is 9.99. The summed E-state index contributed by atoms with van der Waals surface area (Å²) >= 11 is 0. The first-order chi connectivity index (χ1) is 14.5. The highest BCUT2D eigenvalue weighted by Gasteiger charge is 2.24. The largest absolute Gasteiger partial charge is 1.00 e. The number of nitro groups is 1. The minimum absolute atomic E-state index is 0. The van der Waals surface area contributed by atoms with Crippen molar-refractivity contribution in [2.45, 2.75) is 13.1 Å². The number of rotatable bonds is 7. The van der Waals surface area contributed by atoms with Crippen LogP contribution in [-0.2, 0) is 17.8 Å². The second-order valence-corrected chi connectivity index (χ2v) is 7.27. The lowest BCUT2D eigenvalue weighted by Crippen LogP contribution is -3.00. The maximum Gasteiger partial charge on any atom is 0.356 e. The number of nitrogens with zero attached hydrogens (tertiary/aromatic N) is 4. The number of para-hydroxylation sites is 2. The number of non-ortho nitro benzene ring substituents is 1. The molecule has 2 aromatic carbocycles. The zero-order valence-corrected chi connectivity index (χ0v) is 18.5. The Morgan fingerprint density at radius 3 is 2.61 bits per heavy atom. The summed E-state index contributed by atoms with van der Waals surface area (Å²) in [5.74, 6) is 0.259. The molecule has 0 bridgehead atoms. The Balaban J connectivity index is 0.00000272. The summed E-state index contributed by atoms with van der Waals surface area (Å²) in [6.07, 6.45) is 0. The number of ketones is 1.